The summed E-state index contributed by atoms with van der Waals surface area (Å²) in [7, 11) is -3.91. The summed E-state index contributed by atoms with van der Waals surface area (Å²) >= 11 is 0. The van der Waals surface area contributed by atoms with E-state index in [1.165, 1.54) is 16.4 Å². The Balaban J connectivity index is 2.33. The summed E-state index contributed by atoms with van der Waals surface area (Å²) in [6.45, 7) is 2.16. The number of anilines is 1. The predicted octanol–water partition coefficient (Wildman–Crippen LogP) is 2.05. The second-order valence-corrected chi connectivity index (χ2v) is 6.65. The van der Waals surface area contributed by atoms with Gasteiger partial charge in [0.15, 0.2) is 0 Å². The van der Waals surface area contributed by atoms with Crippen molar-refractivity contribution in [2.24, 2.45) is 0 Å². The maximum Gasteiger partial charge on any atom is 0.340 e. The molecule has 1 unspecified atom stereocenters. The van der Waals surface area contributed by atoms with Crippen LogP contribution in [0.3, 0.4) is 0 Å². The van der Waals surface area contributed by atoms with Crippen molar-refractivity contribution in [3.8, 4) is 0 Å². The summed E-state index contributed by atoms with van der Waals surface area (Å²) in [4.78, 5) is 11.1. The number of carboxylic acid groups (broad SMARTS) is 1. The second kappa shape index (κ2) is 5.98. The van der Waals surface area contributed by atoms with Crippen LogP contribution in [-0.2, 0) is 10.2 Å². The van der Waals surface area contributed by atoms with Crippen LogP contribution in [0.2, 0.25) is 0 Å². The number of benzene rings is 1. The van der Waals surface area contributed by atoms with Crippen LogP contribution in [0.1, 0.15) is 36.5 Å². The fourth-order valence-electron chi connectivity index (χ4n) is 2.45. The molecule has 8 heteroatoms. The van der Waals surface area contributed by atoms with Gasteiger partial charge in [-0.05, 0) is 31.9 Å². The number of carbonyl (C=O) groups is 1. The molecule has 1 fully saturated rings. The third-order valence-electron chi connectivity index (χ3n) is 3.52. The number of rotatable bonds is 4. The van der Waals surface area contributed by atoms with Crippen LogP contribution < -0.4 is 4.72 Å². The van der Waals surface area contributed by atoms with Crippen LogP contribution in [0, 0.1) is 5.82 Å². The van der Waals surface area contributed by atoms with E-state index < -0.39 is 27.6 Å². The summed E-state index contributed by atoms with van der Waals surface area (Å²) in [5.41, 5.74) is -0.939. The molecule has 0 saturated carbocycles. The highest BCUT2D eigenvalue weighted by Gasteiger charge is 2.30. The molecule has 1 aliphatic heterocycles. The molecule has 116 valence electrons. The zero-order chi connectivity index (χ0) is 15.6. The summed E-state index contributed by atoms with van der Waals surface area (Å²) in [6.07, 6.45) is 2.45. The number of halogens is 1. The van der Waals surface area contributed by atoms with Crippen LogP contribution in [0.5, 0.6) is 0 Å². The SMILES string of the molecule is CC1CCCCN1S(=O)(=O)Nc1cccc(F)c1C(=O)O. The molecular weight excluding hydrogens is 299 g/mol. The highest BCUT2D eigenvalue weighted by atomic mass is 32.2. The van der Waals surface area contributed by atoms with Gasteiger partial charge in [0.25, 0.3) is 0 Å². The monoisotopic (exact) mass is 316 g/mol. The first-order valence-corrected chi connectivity index (χ1v) is 8.08. The third kappa shape index (κ3) is 3.33. The van der Waals surface area contributed by atoms with Crippen molar-refractivity contribution < 1.29 is 22.7 Å². The number of aromatic carboxylic acids is 1. The van der Waals surface area contributed by atoms with Crippen molar-refractivity contribution in [1.29, 1.82) is 0 Å². The molecule has 0 bridgehead atoms. The van der Waals surface area contributed by atoms with E-state index in [9.17, 15) is 17.6 Å². The van der Waals surface area contributed by atoms with Gasteiger partial charge in [0.2, 0.25) is 0 Å². The van der Waals surface area contributed by atoms with Crippen molar-refractivity contribution in [2.45, 2.75) is 32.2 Å². The highest BCUT2D eigenvalue weighted by Crippen LogP contribution is 2.24. The van der Waals surface area contributed by atoms with Crippen LogP contribution in [0.4, 0.5) is 10.1 Å². The molecule has 1 atom stereocenters. The lowest BCUT2D eigenvalue weighted by atomic mass is 10.1. The lowest BCUT2D eigenvalue weighted by Gasteiger charge is -2.32. The maximum absolute atomic E-state index is 13.6. The Labute approximate surface area is 122 Å². The van der Waals surface area contributed by atoms with Crippen molar-refractivity contribution in [1.82, 2.24) is 4.31 Å². The smallest absolute Gasteiger partial charge is 0.340 e. The van der Waals surface area contributed by atoms with E-state index in [0.717, 1.165) is 25.3 Å². The molecule has 0 spiro atoms. The number of nitrogens with zero attached hydrogens (tertiary/aromatic N) is 1. The Bertz CT molecular complexity index is 648. The Morgan fingerprint density at radius 3 is 2.76 bits per heavy atom. The Hall–Kier alpha value is -1.67. The van der Waals surface area contributed by atoms with E-state index >= 15 is 0 Å². The minimum absolute atomic E-state index is 0.168. The van der Waals surface area contributed by atoms with Gasteiger partial charge in [-0.1, -0.05) is 12.5 Å². The molecule has 6 nitrogen and oxygen atoms in total. The number of hydrogen-bond acceptors (Lipinski definition) is 3. The van der Waals surface area contributed by atoms with Gasteiger partial charge in [0.05, 0.1) is 5.69 Å². The zero-order valence-corrected chi connectivity index (χ0v) is 12.4. The molecule has 1 aromatic carbocycles. The van der Waals surface area contributed by atoms with Crippen LogP contribution >= 0.6 is 0 Å². The fourth-order valence-corrected chi connectivity index (χ4v) is 3.97. The van der Waals surface area contributed by atoms with Crippen LogP contribution in [0.15, 0.2) is 18.2 Å². The Morgan fingerprint density at radius 1 is 1.43 bits per heavy atom. The highest BCUT2D eigenvalue weighted by molar-refractivity contribution is 7.90. The first kappa shape index (κ1) is 15.7. The summed E-state index contributed by atoms with van der Waals surface area (Å²) in [5, 5.41) is 9.02. The van der Waals surface area contributed by atoms with Gasteiger partial charge in [-0.15, -0.1) is 0 Å². The third-order valence-corrected chi connectivity index (χ3v) is 5.15. The van der Waals surface area contributed by atoms with E-state index in [0.29, 0.717) is 6.54 Å². The van der Waals surface area contributed by atoms with E-state index in [4.69, 9.17) is 5.11 Å². The van der Waals surface area contributed by atoms with Gasteiger partial charge < -0.3 is 5.11 Å². The molecule has 1 aromatic rings. The number of carboxylic acids is 1. The van der Waals surface area contributed by atoms with Gasteiger partial charge in [0.1, 0.15) is 11.4 Å². The number of nitrogens with one attached hydrogen (secondary N) is 1. The fraction of sp³-hybridized carbons (Fsp3) is 0.462. The predicted molar refractivity (Wildman–Crippen MR) is 75.9 cm³/mol. The van der Waals surface area contributed by atoms with Gasteiger partial charge in [0, 0.05) is 12.6 Å². The lowest BCUT2D eigenvalue weighted by Crippen LogP contribution is -2.45. The van der Waals surface area contributed by atoms with Gasteiger partial charge >= 0.3 is 16.2 Å². The zero-order valence-electron chi connectivity index (χ0n) is 11.5. The van der Waals surface area contributed by atoms with Crippen molar-refractivity contribution >= 4 is 21.9 Å². The molecule has 0 radical (unpaired) electrons. The Morgan fingerprint density at radius 2 is 2.14 bits per heavy atom. The van der Waals surface area contributed by atoms with E-state index in [-0.39, 0.29) is 11.7 Å². The molecule has 1 heterocycles. The quantitative estimate of drug-likeness (QED) is 0.890. The molecule has 2 rings (SSSR count). The van der Waals surface area contributed by atoms with Crippen molar-refractivity contribution in [3.05, 3.63) is 29.6 Å². The Kier molecular flexibility index (Phi) is 4.48. The lowest BCUT2D eigenvalue weighted by molar-refractivity contribution is 0.0693. The average molecular weight is 316 g/mol. The average Bonchev–Trinajstić information content (AvgIpc) is 2.38. The molecule has 0 aliphatic carbocycles. The maximum atomic E-state index is 13.6. The molecule has 1 aliphatic rings. The standard InChI is InChI=1S/C13H17FN2O4S/c1-9-5-2-3-8-16(9)21(19,20)15-11-7-4-6-10(14)12(11)13(17)18/h4,6-7,9,15H,2-3,5,8H2,1H3,(H,17,18). The van der Waals surface area contributed by atoms with Gasteiger partial charge in [-0.25, -0.2) is 9.18 Å². The molecule has 1 saturated heterocycles. The summed E-state index contributed by atoms with van der Waals surface area (Å²) in [6, 6.07) is 3.31. The van der Waals surface area contributed by atoms with E-state index in [2.05, 4.69) is 4.72 Å². The molecular formula is C13H17FN2O4S. The minimum atomic E-state index is -3.91. The van der Waals surface area contributed by atoms with Crippen LogP contribution in [0.25, 0.3) is 0 Å². The first-order chi connectivity index (χ1) is 9.83. The minimum Gasteiger partial charge on any atom is -0.478 e. The molecule has 0 amide bonds. The topological polar surface area (TPSA) is 86.7 Å². The summed E-state index contributed by atoms with van der Waals surface area (Å²) < 4.78 is 41.7. The van der Waals surface area contributed by atoms with Gasteiger partial charge in [-0.2, -0.15) is 12.7 Å². The van der Waals surface area contributed by atoms with Crippen molar-refractivity contribution in [3.63, 3.8) is 0 Å². The van der Waals surface area contributed by atoms with Crippen LogP contribution in [-0.4, -0.2) is 36.4 Å². The van der Waals surface area contributed by atoms with E-state index in [1.807, 2.05) is 0 Å². The number of piperidine rings is 1. The second-order valence-electron chi connectivity index (χ2n) is 5.03. The largest absolute Gasteiger partial charge is 0.478 e. The van der Waals surface area contributed by atoms with Gasteiger partial charge in [-0.3, -0.25) is 4.72 Å². The van der Waals surface area contributed by atoms with E-state index in [1.54, 1.807) is 6.92 Å². The molecule has 0 aromatic heterocycles. The molecule has 21 heavy (non-hydrogen) atoms. The summed E-state index contributed by atoms with van der Waals surface area (Å²) in [5.74, 6) is -2.49. The van der Waals surface area contributed by atoms with Crippen molar-refractivity contribution in [2.75, 3.05) is 11.3 Å². The normalized spacial score (nSPS) is 20.2. The number of hydrogen-bond donors (Lipinski definition) is 2. The first-order valence-electron chi connectivity index (χ1n) is 6.64. The molecule has 2 N–H and O–H groups in total.